The molecular formula is C8H7N3O3. The molecule has 72 valence electrons. The Morgan fingerprint density at radius 2 is 2.43 bits per heavy atom. The second-order valence-corrected chi connectivity index (χ2v) is 2.60. The number of hydrogen-bond donors (Lipinski definition) is 1. The minimum Gasteiger partial charge on any atom is -0.478 e. The highest BCUT2D eigenvalue weighted by atomic mass is 16.5. The van der Waals surface area contributed by atoms with Gasteiger partial charge >= 0.3 is 5.97 Å². The summed E-state index contributed by atoms with van der Waals surface area (Å²) in [6, 6.07) is 0. The van der Waals surface area contributed by atoms with Crippen LogP contribution in [0.4, 0.5) is 0 Å². The molecule has 0 spiro atoms. The number of rotatable bonds is 2. The zero-order valence-electron chi connectivity index (χ0n) is 7.34. The average Bonchev–Trinajstić information content (AvgIpc) is 2.60. The van der Waals surface area contributed by atoms with E-state index in [1.807, 2.05) is 0 Å². The molecule has 0 radical (unpaired) electrons. The Hall–Kier alpha value is -2.11. The van der Waals surface area contributed by atoms with Crippen LogP contribution in [-0.4, -0.2) is 32.6 Å². The van der Waals surface area contributed by atoms with Crippen LogP contribution in [-0.2, 0) is 0 Å². The summed E-state index contributed by atoms with van der Waals surface area (Å²) in [5, 5.41) is 8.71. The number of carboxylic acid groups (broad SMARTS) is 1. The highest BCUT2D eigenvalue weighted by molar-refractivity contribution is 5.86. The summed E-state index contributed by atoms with van der Waals surface area (Å²) >= 11 is 0. The molecule has 0 fully saturated rings. The van der Waals surface area contributed by atoms with Crippen molar-refractivity contribution in [3.05, 3.63) is 24.3 Å². The van der Waals surface area contributed by atoms with E-state index in [0.29, 0.717) is 11.5 Å². The Bertz CT molecular complexity index is 492. The van der Waals surface area contributed by atoms with Gasteiger partial charge in [0.15, 0.2) is 5.69 Å². The average molecular weight is 193 g/mol. The van der Waals surface area contributed by atoms with Crippen LogP contribution < -0.4 is 4.74 Å². The molecule has 0 aliphatic carbocycles. The number of methoxy groups -OCH3 is 1. The van der Waals surface area contributed by atoms with Gasteiger partial charge in [0.05, 0.1) is 7.11 Å². The number of hydrogen-bond acceptors (Lipinski definition) is 4. The summed E-state index contributed by atoms with van der Waals surface area (Å²) < 4.78 is 6.48. The maximum absolute atomic E-state index is 10.6. The van der Waals surface area contributed by atoms with E-state index in [2.05, 4.69) is 9.97 Å². The van der Waals surface area contributed by atoms with E-state index < -0.39 is 5.97 Å². The SMILES string of the molecule is COc1nccn2cc(C(=O)O)nc12. The van der Waals surface area contributed by atoms with Crippen molar-refractivity contribution >= 4 is 11.6 Å². The fourth-order valence-electron chi connectivity index (χ4n) is 1.14. The molecule has 14 heavy (non-hydrogen) atoms. The fraction of sp³-hybridized carbons (Fsp3) is 0.125. The molecule has 0 amide bonds. The van der Waals surface area contributed by atoms with Crippen LogP contribution in [0.25, 0.3) is 5.65 Å². The number of aromatic nitrogens is 3. The highest BCUT2D eigenvalue weighted by Crippen LogP contribution is 2.14. The monoisotopic (exact) mass is 193 g/mol. The summed E-state index contributed by atoms with van der Waals surface area (Å²) in [7, 11) is 1.46. The Morgan fingerprint density at radius 3 is 3.07 bits per heavy atom. The molecule has 0 unspecified atom stereocenters. The number of aromatic carboxylic acids is 1. The van der Waals surface area contributed by atoms with Crippen molar-refractivity contribution in [1.29, 1.82) is 0 Å². The lowest BCUT2D eigenvalue weighted by Crippen LogP contribution is -1.95. The Labute approximate surface area is 78.8 Å². The van der Waals surface area contributed by atoms with Crippen molar-refractivity contribution in [2.24, 2.45) is 0 Å². The molecule has 2 rings (SSSR count). The minimum absolute atomic E-state index is 0.0312. The molecule has 0 saturated heterocycles. The maximum atomic E-state index is 10.6. The van der Waals surface area contributed by atoms with E-state index in [4.69, 9.17) is 9.84 Å². The fourth-order valence-corrected chi connectivity index (χ4v) is 1.14. The van der Waals surface area contributed by atoms with E-state index in [9.17, 15) is 4.79 Å². The van der Waals surface area contributed by atoms with Gasteiger partial charge in [0.2, 0.25) is 5.65 Å². The van der Waals surface area contributed by atoms with Gasteiger partial charge in [0.1, 0.15) is 0 Å². The van der Waals surface area contributed by atoms with Crippen molar-refractivity contribution < 1.29 is 14.6 Å². The molecule has 0 aliphatic rings. The normalized spacial score (nSPS) is 10.4. The van der Waals surface area contributed by atoms with Crippen molar-refractivity contribution in [3.8, 4) is 5.88 Å². The number of carbonyl (C=O) groups is 1. The standard InChI is InChI=1S/C8H7N3O3/c1-14-7-6-10-5(8(12)13)4-11(6)3-2-9-7/h2-4H,1H3,(H,12,13). The predicted octanol–water partition coefficient (Wildman–Crippen LogP) is 0.436. The number of ether oxygens (including phenoxy) is 1. The van der Waals surface area contributed by atoms with E-state index >= 15 is 0 Å². The Kier molecular flexibility index (Phi) is 1.81. The van der Waals surface area contributed by atoms with Crippen LogP contribution >= 0.6 is 0 Å². The summed E-state index contributed by atoms with van der Waals surface area (Å²) in [4.78, 5) is 18.4. The third-order valence-corrected chi connectivity index (χ3v) is 1.76. The lowest BCUT2D eigenvalue weighted by Gasteiger charge is -1.98. The van der Waals surface area contributed by atoms with Crippen molar-refractivity contribution in [2.75, 3.05) is 7.11 Å². The van der Waals surface area contributed by atoms with E-state index in [0.717, 1.165) is 0 Å². The molecule has 0 atom stereocenters. The largest absolute Gasteiger partial charge is 0.478 e. The van der Waals surface area contributed by atoms with Gasteiger partial charge in [-0.05, 0) is 0 Å². The van der Waals surface area contributed by atoms with Crippen LogP contribution in [0.2, 0.25) is 0 Å². The van der Waals surface area contributed by atoms with Crippen molar-refractivity contribution in [1.82, 2.24) is 14.4 Å². The first-order valence-electron chi connectivity index (χ1n) is 3.83. The first kappa shape index (κ1) is 8.49. The molecule has 0 aromatic carbocycles. The molecule has 0 aliphatic heterocycles. The van der Waals surface area contributed by atoms with Gasteiger partial charge in [-0.3, -0.25) is 0 Å². The van der Waals surface area contributed by atoms with Gasteiger partial charge in [0, 0.05) is 18.6 Å². The van der Waals surface area contributed by atoms with Gasteiger partial charge in [-0.2, -0.15) is 0 Å². The second kappa shape index (κ2) is 2.99. The van der Waals surface area contributed by atoms with E-state index in [-0.39, 0.29) is 5.69 Å². The van der Waals surface area contributed by atoms with E-state index in [1.165, 1.54) is 19.5 Å². The third kappa shape index (κ3) is 1.17. The molecule has 6 nitrogen and oxygen atoms in total. The van der Waals surface area contributed by atoms with Gasteiger partial charge in [0.25, 0.3) is 5.88 Å². The molecule has 0 bridgehead atoms. The summed E-state index contributed by atoms with van der Waals surface area (Å²) in [6.45, 7) is 0. The van der Waals surface area contributed by atoms with Crippen LogP contribution in [0.3, 0.4) is 0 Å². The maximum Gasteiger partial charge on any atom is 0.356 e. The van der Waals surface area contributed by atoms with Crippen LogP contribution in [0.15, 0.2) is 18.6 Å². The molecule has 1 N–H and O–H groups in total. The zero-order valence-corrected chi connectivity index (χ0v) is 7.34. The molecule has 0 saturated carbocycles. The molecule has 2 aromatic rings. The number of imidazole rings is 1. The Morgan fingerprint density at radius 1 is 1.64 bits per heavy atom. The molecular weight excluding hydrogens is 186 g/mol. The van der Waals surface area contributed by atoms with Crippen LogP contribution in [0, 0.1) is 0 Å². The highest BCUT2D eigenvalue weighted by Gasteiger charge is 2.11. The molecule has 2 heterocycles. The molecule has 6 heteroatoms. The van der Waals surface area contributed by atoms with Gasteiger partial charge in [-0.15, -0.1) is 0 Å². The number of nitrogens with zero attached hydrogens (tertiary/aromatic N) is 3. The van der Waals surface area contributed by atoms with E-state index in [1.54, 1.807) is 10.6 Å². The quantitative estimate of drug-likeness (QED) is 0.748. The third-order valence-electron chi connectivity index (χ3n) is 1.76. The number of carboxylic acids is 1. The summed E-state index contributed by atoms with van der Waals surface area (Å²) in [5.74, 6) is -0.768. The zero-order chi connectivity index (χ0) is 10.1. The predicted molar refractivity (Wildman–Crippen MR) is 46.5 cm³/mol. The van der Waals surface area contributed by atoms with Gasteiger partial charge < -0.3 is 14.2 Å². The topological polar surface area (TPSA) is 76.7 Å². The number of fused-ring (bicyclic) bond motifs is 1. The van der Waals surface area contributed by atoms with Crippen LogP contribution in [0.1, 0.15) is 10.5 Å². The van der Waals surface area contributed by atoms with Crippen molar-refractivity contribution in [3.63, 3.8) is 0 Å². The smallest absolute Gasteiger partial charge is 0.356 e. The van der Waals surface area contributed by atoms with Gasteiger partial charge in [-0.25, -0.2) is 14.8 Å². The minimum atomic E-state index is -1.07. The lowest BCUT2D eigenvalue weighted by molar-refractivity contribution is 0.0691. The summed E-state index contributed by atoms with van der Waals surface area (Å²) in [6.07, 6.45) is 4.53. The van der Waals surface area contributed by atoms with Gasteiger partial charge in [-0.1, -0.05) is 0 Å². The second-order valence-electron chi connectivity index (χ2n) is 2.60. The Balaban J connectivity index is 2.70. The lowest BCUT2D eigenvalue weighted by atomic mass is 10.5. The van der Waals surface area contributed by atoms with Crippen molar-refractivity contribution in [2.45, 2.75) is 0 Å². The first-order chi connectivity index (χ1) is 6.72. The summed E-state index contributed by atoms with van der Waals surface area (Å²) in [5.41, 5.74) is 0.365. The molecule has 2 aromatic heterocycles. The van der Waals surface area contributed by atoms with Crippen LogP contribution in [0.5, 0.6) is 5.88 Å². The first-order valence-corrected chi connectivity index (χ1v) is 3.83.